The molecule has 0 atom stereocenters. The lowest BCUT2D eigenvalue weighted by Crippen LogP contribution is -2.07. The van der Waals surface area contributed by atoms with E-state index in [2.05, 4.69) is 15.2 Å². The number of nitrogens with zero attached hydrogens (tertiary/aromatic N) is 5. The van der Waals surface area contributed by atoms with E-state index in [4.69, 9.17) is 16.1 Å². The van der Waals surface area contributed by atoms with E-state index in [1.165, 1.54) is 0 Å². The van der Waals surface area contributed by atoms with Gasteiger partial charge in [0.15, 0.2) is 5.65 Å². The van der Waals surface area contributed by atoms with Gasteiger partial charge in [-0.1, -0.05) is 5.16 Å². The highest BCUT2D eigenvalue weighted by atomic mass is 35.5. The summed E-state index contributed by atoms with van der Waals surface area (Å²) in [5, 5.41) is 8.39. The Bertz CT molecular complexity index is 739. The van der Waals surface area contributed by atoms with Gasteiger partial charge in [-0.3, -0.25) is 4.68 Å². The van der Waals surface area contributed by atoms with Crippen molar-refractivity contribution in [2.45, 2.75) is 26.3 Å². The van der Waals surface area contributed by atoms with Crippen molar-refractivity contribution in [3.63, 3.8) is 0 Å². The summed E-state index contributed by atoms with van der Waals surface area (Å²) in [5.74, 6) is 1.96. The van der Waals surface area contributed by atoms with Crippen LogP contribution in [0.3, 0.4) is 0 Å². The highest BCUT2D eigenvalue weighted by molar-refractivity contribution is 6.16. The summed E-state index contributed by atoms with van der Waals surface area (Å²) in [7, 11) is 1.90. The molecule has 0 fully saturated rings. The molecule has 0 aliphatic carbocycles. The first kappa shape index (κ1) is 12.2. The third kappa shape index (κ3) is 1.92. The fourth-order valence-electron chi connectivity index (χ4n) is 2.30. The topological polar surface area (TPSA) is 61.7 Å². The summed E-state index contributed by atoms with van der Waals surface area (Å²) in [6.45, 7) is 4.39. The van der Waals surface area contributed by atoms with Crippen LogP contribution in [-0.4, -0.2) is 24.5 Å². The minimum Gasteiger partial charge on any atom is -0.361 e. The van der Waals surface area contributed by atoms with Gasteiger partial charge in [-0.15, -0.1) is 11.6 Å². The molecule has 7 heteroatoms. The first-order valence-electron chi connectivity index (χ1n) is 5.97. The van der Waals surface area contributed by atoms with Crippen molar-refractivity contribution in [1.82, 2.24) is 24.5 Å². The van der Waals surface area contributed by atoms with Crippen LogP contribution in [0.2, 0.25) is 0 Å². The number of alkyl halides is 1. The SMILES string of the molecule is Cc1cc(Cn2c(CCl)nc3c(C)nn(C)c32)no1. The summed E-state index contributed by atoms with van der Waals surface area (Å²) in [6, 6.07) is 1.91. The molecule has 6 nitrogen and oxygen atoms in total. The second-order valence-electron chi connectivity index (χ2n) is 4.56. The molecule has 0 bridgehead atoms. The van der Waals surface area contributed by atoms with Gasteiger partial charge in [0.25, 0.3) is 0 Å². The van der Waals surface area contributed by atoms with Crippen LogP contribution in [0.4, 0.5) is 0 Å². The number of halogens is 1. The molecule has 0 saturated carbocycles. The minimum absolute atomic E-state index is 0.352. The molecule has 0 amide bonds. The largest absolute Gasteiger partial charge is 0.361 e. The number of imidazole rings is 1. The van der Waals surface area contributed by atoms with Crippen LogP contribution in [0.1, 0.15) is 23.0 Å². The predicted octanol–water partition coefficient (Wildman–Crippen LogP) is 2.16. The van der Waals surface area contributed by atoms with Gasteiger partial charge in [0.1, 0.15) is 22.8 Å². The zero-order valence-corrected chi connectivity index (χ0v) is 11.8. The van der Waals surface area contributed by atoms with Crippen molar-refractivity contribution in [2.24, 2.45) is 7.05 Å². The third-order valence-electron chi connectivity index (χ3n) is 3.09. The number of fused-ring (bicyclic) bond motifs is 1. The van der Waals surface area contributed by atoms with E-state index in [0.717, 1.165) is 34.1 Å². The van der Waals surface area contributed by atoms with E-state index in [9.17, 15) is 0 Å². The Morgan fingerprint density at radius 2 is 2.16 bits per heavy atom. The zero-order valence-electron chi connectivity index (χ0n) is 11.0. The highest BCUT2D eigenvalue weighted by Gasteiger charge is 2.17. The van der Waals surface area contributed by atoms with Crippen LogP contribution < -0.4 is 0 Å². The van der Waals surface area contributed by atoms with E-state index in [0.29, 0.717) is 12.4 Å². The summed E-state index contributed by atoms with van der Waals surface area (Å²) < 4.78 is 8.94. The predicted molar refractivity (Wildman–Crippen MR) is 71.1 cm³/mol. The van der Waals surface area contributed by atoms with Crippen molar-refractivity contribution < 1.29 is 4.52 Å². The van der Waals surface area contributed by atoms with Crippen molar-refractivity contribution in [1.29, 1.82) is 0 Å². The first-order chi connectivity index (χ1) is 9.10. The molecule has 0 unspecified atom stereocenters. The smallest absolute Gasteiger partial charge is 0.159 e. The minimum atomic E-state index is 0.352. The molecule has 0 spiro atoms. The van der Waals surface area contributed by atoms with Gasteiger partial charge < -0.3 is 9.09 Å². The summed E-state index contributed by atoms with van der Waals surface area (Å²) in [5.41, 5.74) is 3.59. The lowest BCUT2D eigenvalue weighted by Gasteiger charge is -2.05. The first-order valence-corrected chi connectivity index (χ1v) is 6.50. The van der Waals surface area contributed by atoms with Crippen LogP contribution in [0, 0.1) is 13.8 Å². The number of aryl methyl sites for hydroxylation is 3. The Morgan fingerprint density at radius 3 is 2.79 bits per heavy atom. The fraction of sp³-hybridized carbons (Fsp3) is 0.417. The standard InChI is InChI=1S/C12H14ClN5O/c1-7-4-9(16-19-7)6-18-10(5-13)14-11-8(2)15-17(3)12(11)18/h4H,5-6H2,1-3H3. The van der Waals surface area contributed by atoms with Crippen LogP contribution in [0.15, 0.2) is 10.6 Å². The average molecular weight is 280 g/mol. The van der Waals surface area contributed by atoms with Crippen molar-refractivity contribution in [3.8, 4) is 0 Å². The molecule has 0 N–H and O–H groups in total. The van der Waals surface area contributed by atoms with Crippen LogP contribution >= 0.6 is 11.6 Å². The number of hydrogen-bond donors (Lipinski definition) is 0. The van der Waals surface area contributed by atoms with E-state index in [1.807, 2.05) is 36.2 Å². The van der Waals surface area contributed by atoms with Gasteiger partial charge in [-0.05, 0) is 13.8 Å². The Labute approximate surface area is 115 Å². The van der Waals surface area contributed by atoms with Gasteiger partial charge in [-0.25, -0.2) is 4.98 Å². The number of aromatic nitrogens is 5. The van der Waals surface area contributed by atoms with Gasteiger partial charge in [0.2, 0.25) is 0 Å². The van der Waals surface area contributed by atoms with Gasteiger partial charge >= 0.3 is 0 Å². The maximum absolute atomic E-state index is 5.98. The molecule has 100 valence electrons. The van der Waals surface area contributed by atoms with E-state index < -0.39 is 0 Å². The maximum Gasteiger partial charge on any atom is 0.159 e. The summed E-state index contributed by atoms with van der Waals surface area (Å²) >= 11 is 5.98. The molecule has 0 aromatic carbocycles. The second kappa shape index (κ2) is 4.38. The van der Waals surface area contributed by atoms with E-state index in [-0.39, 0.29) is 0 Å². The number of hydrogen-bond acceptors (Lipinski definition) is 4. The highest BCUT2D eigenvalue weighted by Crippen LogP contribution is 2.21. The monoisotopic (exact) mass is 279 g/mol. The normalized spacial score (nSPS) is 11.6. The molecule has 3 heterocycles. The van der Waals surface area contributed by atoms with Crippen LogP contribution in [-0.2, 0) is 19.5 Å². The van der Waals surface area contributed by atoms with Gasteiger partial charge in [0.05, 0.1) is 18.1 Å². The number of rotatable bonds is 3. The quantitative estimate of drug-likeness (QED) is 0.689. The Kier molecular flexibility index (Phi) is 2.82. The maximum atomic E-state index is 5.98. The van der Waals surface area contributed by atoms with E-state index >= 15 is 0 Å². The molecular weight excluding hydrogens is 266 g/mol. The average Bonchev–Trinajstić information content (AvgIpc) is 3.00. The molecule has 3 rings (SSSR count). The summed E-state index contributed by atoms with van der Waals surface area (Å²) in [4.78, 5) is 4.54. The Balaban J connectivity index is 2.15. The second-order valence-corrected chi connectivity index (χ2v) is 4.83. The summed E-state index contributed by atoms with van der Waals surface area (Å²) in [6.07, 6.45) is 0. The molecule has 0 aliphatic rings. The van der Waals surface area contributed by atoms with Crippen LogP contribution in [0.5, 0.6) is 0 Å². The lowest BCUT2D eigenvalue weighted by molar-refractivity contribution is 0.389. The Hall–Kier alpha value is -1.82. The third-order valence-corrected chi connectivity index (χ3v) is 3.32. The van der Waals surface area contributed by atoms with Crippen molar-refractivity contribution in [2.75, 3.05) is 0 Å². The molecule has 0 aliphatic heterocycles. The molecule has 3 aromatic heterocycles. The molecule has 0 radical (unpaired) electrons. The molecule has 0 saturated heterocycles. The molecule has 19 heavy (non-hydrogen) atoms. The lowest BCUT2D eigenvalue weighted by atomic mass is 10.3. The van der Waals surface area contributed by atoms with Crippen molar-refractivity contribution >= 4 is 22.8 Å². The zero-order chi connectivity index (χ0) is 13.6. The fourth-order valence-corrected chi connectivity index (χ4v) is 2.51. The van der Waals surface area contributed by atoms with E-state index in [1.54, 1.807) is 0 Å². The van der Waals surface area contributed by atoms with Gasteiger partial charge in [-0.2, -0.15) is 5.10 Å². The molecular formula is C12H14ClN5O. The van der Waals surface area contributed by atoms with Gasteiger partial charge in [0, 0.05) is 13.1 Å². The van der Waals surface area contributed by atoms with Crippen molar-refractivity contribution in [3.05, 3.63) is 29.0 Å². The molecule has 3 aromatic rings. The van der Waals surface area contributed by atoms with Crippen LogP contribution in [0.25, 0.3) is 11.2 Å². The Morgan fingerprint density at radius 1 is 1.37 bits per heavy atom.